The highest BCUT2D eigenvalue weighted by Gasteiger charge is 2.21. The number of amides is 1. The quantitative estimate of drug-likeness (QED) is 0.767. The molecule has 3 rings (SSSR count). The van der Waals surface area contributed by atoms with Crippen LogP contribution >= 0.6 is 11.6 Å². The molecule has 2 aromatic heterocycles. The standard InChI is InChI=1S/C18H21ClN4O3/c1-12-10-13(2)23(21-12)15-7-6-14(19)17(20-15)18(25)26-11-16(24)22-8-4-3-5-9-22/h6-7,10H,3-5,8-9,11H2,1-2H3. The molecule has 3 heterocycles. The minimum Gasteiger partial charge on any atom is -0.451 e. The molecule has 1 saturated heterocycles. The number of aromatic nitrogens is 3. The number of piperidine rings is 1. The Balaban J connectivity index is 1.71. The van der Waals surface area contributed by atoms with E-state index < -0.39 is 5.97 Å². The molecule has 0 aromatic carbocycles. The van der Waals surface area contributed by atoms with Crippen molar-refractivity contribution < 1.29 is 14.3 Å². The van der Waals surface area contributed by atoms with Gasteiger partial charge in [-0.3, -0.25) is 4.79 Å². The third-order valence-corrected chi connectivity index (χ3v) is 4.59. The average Bonchev–Trinajstić information content (AvgIpc) is 2.98. The molecule has 2 aromatic rings. The van der Waals surface area contributed by atoms with E-state index in [9.17, 15) is 9.59 Å². The number of esters is 1. The van der Waals surface area contributed by atoms with Gasteiger partial charge >= 0.3 is 5.97 Å². The number of halogens is 1. The second-order valence-corrected chi connectivity index (χ2v) is 6.76. The second kappa shape index (κ2) is 7.86. The predicted molar refractivity (Wildman–Crippen MR) is 96.6 cm³/mol. The summed E-state index contributed by atoms with van der Waals surface area (Å²) < 4.78 is 6.77. The van der Waals surface area contributed by atoms with Crippen molar-refractivity contribution in [2.24, 2.45) is 0 Å². The first kappa shape index (κ1) is 18.4. The number of ether oxygens (including phenoxy) is 1. The Labute approximate surface area is 156 Å². The van der Waals surface area contributed by atoms with Crippen molar-refractivity contribution in [2.45, 2.75) is 33.1 Å². The number of carbonyl (C=O) groups is 2. The zero-order valence-corrected chi connectivity index (χ0v) is 15.6. The maximum atomic E-state index is 12.4. The third kappa shape index (κ3) is 4.04. The SMILES string of the molecule is Cc1cc(C)n(-c2ccc(Cl)c(C(=O)OCC(=O)N3CCCCC3)n2)n1. The van der Waals surface area contributed by atoms with Crippen LogP contribution in [0.1, 0.15) is 41.1 Å². The minimum atomic E-state index is -0.719. The van der Waals surface area contributed by atoms with Crippen LogP contribution in [0.5, 0.6) is 0 Å². The lowest BCUT2D eigenvalue weighted by Crippen LogP contribution is -2.38. The van der Waals surface area contributed by atoms with Crippen LogP contribution in [0.15, 0.2) is 18.2 Å². The highest BCUT2D eigenvalue weighted by Crippen LogP contribution is 2.19. The summed E-state index contributed by atoms with van der Waals surface area (Å²) in [5, 5.41) is 4.52. The Morgan fingerprint density at radius 3 is 2.58 bits per heavy atom. The fourth-order valence-electron chi connectivity index (χ4n) is 2.98. The highest BCUT2D eigenvalue weighted by molar-refractivity contribution is 6.33. The lowest BCUT2D eigenvalue weighted by atomic mass is 10.1. The maximum absolute atomic E-state index is 12.4. The molecular formula is C18H21ClN4O3. The summed E-state index contributed by atoms with van der Waals surface area (Å²) in [5.74, 6) is -0.443. The first-order chi connectivity index (χ1) is 12.5. The van der Waals surface area contributed by atoms with Crippen LogP contribution in [0.25, 0.3) is 5.82 Å². The fraction of sp³-hybridized carbons (Fsp3) is 0.444. The van der Waals surface area contributed by atoms with E-state index in [4.69, 9.17) is 16.3 Å². The number of hydrogen-bond donors (Lipinski definition) is 0. The molecule has 0 aliphatic carbocycles. The van der Waals surface area contributed by atoms with Crippen molar-refractivity contribution in [1.82, 2.24) is 19.7 Å². The highest BCUT2D eigenvalue weighted by atomic mass is 35.5. The Bertz CT molecular complexity index is 828. The molecule has 26 heavy (non-hydrogen) atoms. The monoisotopic (exact) mass is 376 g/mol. The zero-order chi connectivity index (χ0) is 18.7. The molecule has 0 spiro atoms. The van der Waals surface area contributed by atoms with Crippen LogP contribution in [-0.4, -0.2) is 51.2 Å². The van der Waals surface area contributed by atoms with Crippen molar-refractivity contribution in [3.63, 3.8) is 0 Å². The van der Waals surface area contributed by atoms with E-state index in [1.807, 2.05) is 19.9 Å². The summed E-state index contributed by atoms with van der Waals surface area (Å²) in [4.78, 5) is 30.5. The number of nitrogens with zero attached hydrogens (tertiary/aromatic N) is 4. The number of aryl methyl sites for hydroxylation is 2. The summed E-state index contributed by atoms with van der Waals surface area (Å²) >= 11 is 6.10. The number of rotatable bonds is 4. The van der Waals surface area contributed by atoms with E-state index in [1.165, 1.54) is 0 Å². The van der Waals surface area contributed by atoms with Crippen LogP contribution in [0, 0.1) is 13.8 Å². The summed E-state index contributed by atoms with van der Waals surface area (Å²) in [7, 11) is 0. The third-order valence-electron chi connectivity index (χ3n) is 4.29. The van der Waals surface area contributed by atoms with Crippen LogP contribution in [0.4, 0.5) is 0 Å². The van der Waals surface area contributed by atoms with E-state index in [0.29, 0.717) is 18.9 Å². The molecule has 1 aliphatic heterocycles. The van der Waals surface area contributed by atoms with E-state index in [1.54, 1.807) is 21.7 Å². The summed E-state index contributed by atoms with van der Waals surface area (Å²) in [5.41, 5.74) is 1.70. The molecular weight excluding hydrogens is 356 g/mol. The molecule has 0 bridgehead atoms. The molecule has 0 unspecified atom stereocenters. The summed E-state index contributed by atoms with van der Waals surface area (Å²) in [6.07, 6.45) is 3.09. The van der Waals surface area contributed by atoms with E-state index in [0.717, 1.165) is 30.7 Å². The smallest absolute Gasteiger partial charge is 0.359 e. The van der Waals surface area contributed by atoms with Gasteiger partial charge in [0, 0.05) is 18.8 Å². The number of pyridine rings is 1. The number of likely N-dealkylation sites (tertiary alicyclic amines) is 1. The van der Waals surface area contributed by atoms with Crippen LogP contribution in [0.3, 0.4) is 0 Å². The van der Waals surface area contributed by atoms with E-state index in [2.05, 4.69) is 10.1 Å². The summed E-state index contributed by atoms with van der Waals surface area (Å²) in [6.45, 7) is 4.89. The molecule has 1 fully saturated rings. The molecule has 1 aliphatic rings. The molecule has 138 valence electrons. The van der Waals surface area contributed by atoms with Crippen molar-refractivity contribution >= 4 is 23.5 Å². The maximum Gasteiger partial charge on any atom is 0.359 e. The van der Waals surface area contributed by atoms with Gasteiger partial charge in [-0.1, -0.05) is 11.6 Å². The zero-order valence-electron chi connectivity index (χ0n) is 14.9. The minimum absolute atomic E-state index is 0.0248. The lowest BCUT2D eigenvalue weighted by molar-refractivity contribution is -0.135. The van der Waals surface area contributed by atoms with Gasteiger partial charge in [0.2, 0.25) is 0 Å². The van der Waals surface area contributed by atoms with Crippen molar-refractivity contribution in [1.29, 1.82) is 0 Å². The van der Waals surface area contributed by atoms with Crippen molar-refractivity contribution in [3.8, 4) is 5.82 Å². The van der Waals surface area contributed by atoms with Gasteiger partial charge in [-0.25, -0.2) is 14.5 Å². The first-order valence-electron chi connectivity index (χ1n) is 8.61. The molecule has 8 heteroatoms. The average molecular weight is 377 g/mol. The fourth-order valence-corrected chi connectivity index (χ4v) is 3.17. The first-order valence-corrected chi connectivity index (χ1v) is 8.98. The normalized spacial score (nSPS) is 14.3. The van der Waals surface area contributed by atoms with Gasteiger partial charge in [0.25, 0.3) is 5.91 Å². The van der Waals surface area contributed by atoms with Crippen molar-refractivity contribution in [3.05, 3.63) is 40.3 Å². The predicted octanol–water partition coefficient (Wildman–Crippen LogP) is 2.71. The lowest BCUT2D eigenvalue weighted by Gasteiger charge is -2.26. The van der Waals surface area contributed by atoms with E-state index in [-0.39, 0.29) is 23.2 Å². The van der Waals surface area contributed by atoms with Crippen LogP contribution < -0.4 is 0 Å². The number of carbonyl (C=O) groups excluding carboxylic acids is 2. The van der Waals surface area contributed by atoms with Crippen LogP contribution in [-0.2, 0) is 9.53 Å². The summed E-state index contributed by atoms with van der Waals surface area (Å²) in [6, 6.07) is 5.16. The Morgan fingerprint density at radius 1 is 1.19 bits per heavy atom. The van der Waals surface area contributed by atoms with Gasteiger partial charge in [-0.05, 0) is 51.3 Å². The molecule has 1 amide bonds. The molecule has 7 nitrogen and oxygen atoms in total. The Kier molecular flexibility index (Phi) is 5.56. The topological polar surface area (TPSA) is 77.3 Å². The van der Waals surface area contributed by atoms with Gasteiger partial charge in [-0.15, -0.1) is 0 Å². The Hall–Kier alpha value is -2.41. The molecule has 0 N–H and O–H groups in total. The molecule has 0 radical (unpaired) electrons. The second-order valence-electron chi connectivity index (χ2n) is 6.36. The van der Waals surface area contributed by atoms with Gasteiger partial charge in [0.15, 0.2) is 18.1 Å². The van der Waals surface area contributed by atoms with Gasteiger partial charge in [-0.2, -0.15) is 5.10 Å². The molecule has 0 saturated carbocycles. The Morgan fingerprint density at radius 2 is 1.92 bits per heavy atom. The molecule has 0 atom stereocenters. The van der Waals surface area contributed by atoms with Gasteiger partial charge in [0.05, 0.1) is 10.7 Å². The van der Waals surface area contributed by atoms with Gasteiger partial charge in [0.1, 0.15) is 0 Å². The van der Waals surface area contributed by atoms with Gasteiger partial charge < -0.3 is 9.64 Å². The van der Waals surface area contributed by atoms with E-state index >= 15 is 0 Å². The number of hydrogen-bond acceptors (Lipinski definition) is 5. The largest absolute Gasteiger partial charge is 0.451 e. The van der Waals surface area contributed by atoms with Crippen molar-refractivity contribution in [2.75, 3.05) is 19.7 Å². The van der Waals surface area contributed by atoms with Crippen LogP contribution in [0.2, 0.25) is 5.02 Å².